The van der Waals surface area contributed by atoms with Crippen molar-refractivity contribution in [1.29, 1.82) is 0 Å². The van der Waals surface area contributed by atoms with Crippen molar-refractivity contribution in [1.82, 2.24) is 0 Å². The molecule has 0 aliphatic heterocycles. The summed E-state index contributed by atoms with van der Waals surface area (Å²) in [7, 11) is 0. The van der Waals surface area contributed by atoms with E-state index in [4.69, 9.17) is 5.11 Å². The summed E-state index contributed by atoms with van der Waals surface area (Å²) >= 11 is 0. The molecule has 0 bridgehead atoms. The number of nitrogens with zero attached hydrogens (tertiary/aromatic N) is 1. The molecule has 5 aromatic carbocycles. The highest BCUT2D eigenvalue weighted by Gasteiger charge is 2.19. The maximum absolute atomic E-state index is 13.2. The lowest BCUT2D eigenvalue weighted by atomic mass is 9.86. The molecule has 0 fully saturated rings. The Kier molecular flexibility index (Phi) is 9.21. The number of carboxylic acids is 1. The largest absolute Gasteiger partial charge is 0.507 e. The second-order valence-corrected chi connectivity index (χ2v) is 13.8. The Hall–Kier alpha value is -5.42. The van der Waals surface area contributed by atoms with Gasteiger partial charge in [-0.15, -0.1) is 0 Å². The lowest BCUT2D eigenvalue weighted by Gasteiger charge is -2.28. The minimum atomic E-state index is -0.976. The van der Waals surface area contributed by atoms with Crippen LogP contribution in [0.4, 0.5) is 17.1 Å². The zero-order valence-electron chi connectivity index (χ0n) is 27.8. The maximum Gasteiger partial charge on any atom is 0.335 e. The Balaban J connectivity index is 1.39. The van der Waals surface area contributed by atoms with Crippen molar-refractivity contribution in [2.45, 2.75) is 52.4 Å². The fourth-order valence-electron chi connectivity index (χ4n) is 5.37. The summed E-state index contributed by atoms with van der Waals surface area (Å²) in [6, 6.07) is 38.3. The first-order chi connectivity index (χ1) is 22.2. The molecule has 0 spiro atoms. The van der Waals surface area contributed by atoms with E-state index in [2.05, 4.69) is 95.0 Å². The van der Waals surface area contributed by atoms with Gasteiger partial charge in [0.25, 0.3) is 0 Å². The standard InChI is InChI=1S/C42H41NO4/c1-41(2,3)33-17-23-36(24-18-33)43(37-25-19-34(20-26-37)42(4,5)6)35-21-15-31(16-22-35)39(45)27-38(44)30-11-7-28(8-12-30)29-9-13-32(14-10-29)40(46)47/h7-27,44H,1-6H3,(H,46,47)/b38-27-. The molecule has 5 rings (SSSR count). The van der Waals surface area contributed by atoms with Crippen molar-refractivity contribution < 1.29 is 19.8 Å². The van der Waals surface area contributed by atoms with E-state index in [9.17, 15) is 14.7 Å². The molecule has 5 nitrogen and oxygen atoms in total. The van der Waals surface area contributed by atoms with E-state index in [-0.39, 0.29) is 27.9 Å². The Morgan fingerprint density at radius 2 is 0.830 bits per heavy atom. The molecular weight excluding hydrogens is 582 g/mol. The number of aliphatic hydroxyl groups excluding tert-OH is 1. The molecule has 0 saturated carbocycles. The number of carbonyl (C=O) groups is 2. The SMILES string of the molecule is CC(C)(C)c1ccc(N(c2ccc(C(=O)/C=C(\O)c3ccc(-c4ccc(C(=O)O)cc4)cc3)cc2)c2ccc(C(C)(C)C)cc2)cc1. The third-order valence-corrected chi connectivity index (χ3v) is 8.31. The number of aliphatic hydroxyl groups is 1. The predicted molar refractivity (Wildman–Crippen MR) is 192 cm³/mol. The van der Waals surface area contributed by atoms with Crippen LogP contribution in [0.25, 0.3) is 16.9 Å². The van der Waals surface area contributed by atoms with Gasteiger partial charge >= 0.3 is 5.97 Å². The molecule has 0 saturated heterocycles. The molecule has 5 heteroatoms. The number of carboxylic acid groups (broad SMARTS) is 1. The topological polar surface area (TPSA) is 77.8 Å². The highest BCUT2D eigenvalue weighted by Crippen LogP contribution is 2.37. The summed E-state index contributed by atoms with van der Waals surface area (Å²) in [5, 5.41) is 19.9. The molecule has 5 aromatic rings. The minimum Gasteiger partial charge on any atom is -0.507 e. The van der Waals surface area contributed by atoms with Crippen LogP contribution in [0.1, 0.15) is 78.9 Å². The second kappa shape index (κ2) is 13.1. The monoisotopic (exact) mass is 623 g/mol. The average Bonchev–Trinajstić information content (AvgIpc) is 3.05. The van der Waals surface area contributed by atoms with Crippen LogP contribution in [-0.4, -0.2) is 22.0 Å². The lowest BCUT2D eigenvalue weighted by Crippen LogP contribution is -2.14. The van der Waals surface area contributed by atoms with Crippen molar-refractivity contribution >= 4 is 34.6 Å². The number of rotatable bonds is 8. The zero-order chi connectivity index (χ0) is 33.9. The number of aromatic carboxylic acids is 1. The molecular formula is C42H41NO4. The van der Waals surface area contributed by atoms with E-state index in [1.807, 2.05) is 24.3 Å². The van der Waals surface area contributed by atoms with Gasteiger partial charge in [-0.05, 0) is 93.7 Å². The summed E-state index contributed by atoms with van der Waals surface area (Å²) in [5.74, 6) is -1.42. The van der Waals surface area contributed by atoms with Gasteiger partial charge in [-0.3, -0.25) is 4.79 Å². The Morgan fingerprint density at radius 1 is 0.489 bits per heavy atom. The molecule has 238 valence electrons. The van der Waals surface area contributed by atoms with Crippen LogP contribution < -0.4 is 4.90 Å². The van der Waals surface area contributed by atoms with Gasteiger partial charge in [-0.1, -0.05) is 102 Å². The highest BCUT2D eigenvalue weighted by molar-refractivity contribution is 6.08. The average molecular weight is 624 g/mol. The third kappa shape index (κ3) is 7.70. The van der Waals surface area contributed by atoms with Crippen molar-refractivity contribution in [3.63, 3.8) is 0 Å². The van der Waals surface area contributed by atoms with Crippen LogP contribution >= 0.6 is 0 Å². The molecule has 0 atom stereocenters. The van der Waals surface area contributed by atoms with Crippen LogP contribution in [0.3, 0.4) is 0 Å². The number of ketones is 1. The van der Waals surface area contributed by atoms with Crippen molar-refractivity contribution in [3.8, 4) is 11.1 Å². The van der Waals surface area contributed by atoms with Crippen molar-refractivity contribution in [2.75, 3.05) is 4.90 Å². The first-order valence-corrected chi connectivity index (χ1v) is 15.7. The highest BCUT2D eigenvalue weighted by atomic mass is 16.4. The van der Waals surface area contributed by atoms with Gasteiger partial charge in [0.2, 0.25) is 0 Å². The fourth-order valence-corrected chi connectivity index (χ4v) is 5.37. The summed E-state index contributed by atoms with van der Waals surface area (Å²) in [5.41, 5.74) is 8.42. The van der Waals surface area contributed by atoms with Crippen molar-refractivity contribution in [3.05, 3.63) is 155 Å². The summed E-state index contributed by atoms with van der Waals surface area (Å²) in [6.45, 7) is 13.2. The van der Waals surface area contributed by atoms with Gasteiger partial charge in [-0.25, -0.2) is 4.79 Å². The van der Waals surface area contributed by atoms with E-state index < -0.39 is 5.97 Å². The Labute approximate surface area is 277 Å². The zero-order valence-corrected chi connectivity index (χ0v) is 27.8. The first kappa shape index (κ1) is 33.0. The van der Waals surface area contributed by atoms with Crippen LogP contribution in [-0.2, 0) is 10.8 Å². The van der Waals surface area contributed by atoms with Gasteiger partial charge in [0, 0.05) is 34.3 Å². The normalized spacial score (nSPS) is 12.1. The molecule has 0 heterocycles. The quantitative estimate of drug-likeness (QED) is 0.102. The molecule has 0 radical (unpaired) electrons. The van der Waals surface area contributed by atoms with Gasteiger partial charge < -0.3 is 15.1 Å². The van der Waals surface area contributed by atoms with Gasteiger partial charge in [0.15, 0.2) is 5.78 Å². The van der Waals surface area contributed by atoms with Crippen LogP contribution in [0, 0.1) is 0 Å². The number of benzene rings is 5. The fraction of sp³-hybridized carbons (Fsp3) is 0.190. The predicted octanol–water partition coefficient (Wildman–Crippen LogP) is 10.9. The summed E-state index contributed by atoms with van der Waals surface area (Å²) in [4.78, 5) is 26.5. The molecule has 2 N–H and O–H groups in total. The van der Waals surface area contributed by atoms with Crippen LogP contribution in [0.15, 0.2) is 127 Å². The van der Waals surface area contributed by atoms with Crippen LogP contribution in [0.2, 0.25) is 0 Å². The Morgan fingerprint density at radius 3 is 1.19 bits per heavy atom. The smallest absolute Gasteiger partial charge is 0.335 e. The van der Waals surface area contributed by atoms with Gasteiger partial charge in [0.05, 0.1) is 5.56 Å². The number of anilines is 3. The molecule has 0 aliphatic rings. The van der Waals surface area contributed by atoms with E-state index in [1.165, 1.54) is 17.2 Å². The third-order valence-electron chi connectivity index (χ3n) is 8.31. The van der Waals surface area contributed by atoms with Crippen LogP contribution in [0.5, 0.6) is 0 Å². The first-order valence-electron chi connectivity index (χ1n) is 15.7. The number of carbonyl (C=O) groups excluding carboxylic acids is 1. The van der Waals surface area contributed by atoms with E-state index in [1.54, 1.807) is 48.5 Å². The molecule has 47 heavy (non-hydrogen) atoms. The number of allylic oxidation sites excluding steroid dienone is 1. The van der Waals surface area contributed by atoms with E-state index >= 15 is 0 Å². The lowest BCUT2D eigenvalue weighted by molar-refractivity contribution is 0.0696. The second-order valence-electron chi connectivity index (χ2n) is 13.8. The van der Waals surface area contributed by atoms with Gasteiger partial charge in [-0.2, -0.15) is 0 Å². The van der Waals surface area contributed by atoms with Crippen molar-refractivity contribution in [2.24, 2.45) is 0 Å². The van der Waals surface area contributed by atoms with E-state index in [0.717, 1.165) is 28.2 Å². The molecule has 0 amide bonds. The van der Waals surface area contributed by atoms with Gasteiger partial charge in [0.1, 0.15) is 5.76 Å². The number of hydrogen-bond acceptors (Lipinski definition) is 4. The minimum absolute atomic E-state index is 0.0383. The van der Waals surface area contributed by atoms with E-state index in [0.29, 0.717) is 11.1 Å². The molecule has 0 aliphatic carbocycles. The summed E-state index contributed by atoms with van der Waals surface area (Å²) in [6.07, 6.45) is 1.24. The molecule has 0 aromatic heterocycles. The molecule has 0 unspecified atom stereocenters. The summed E-state index contributed by atoms with van der Waals surface area (Å²) < 4.78 is 0. The Bertz CT molecular complexity index is 1830. The number of hydrogen-bond donors (Lipinski definition) is 2. The maximum atomic E-state index is 13.2.